The lowest BCUT2D eigenvalue weighted by molar-refractivity contribution is -0.119. The van der Waals surface area contributed by atoms with Gasteiger partial charge in [-0.15, -0.1) is 0 Å². The van der Waals surface area contributed by atoms with Gasteiger partial charge in [-0.1, -0.05) is 30.3 Å². The molecule has 2 amide bonds. The third-order valence-electron chi connectivity index (χ3n) is 4.67. The first-order valence-electron chi connectivity index (χ1n) is 9.07. The van der Waals surface area contributed by atoms with Crippen LogP contribution < -0.4 is 11.1 Å². The highest BCUT2D eigenvalue weighted by Gasteiger charge is 2.14. The standard InChI is InChI=1S/C22H23N3O3/c1-13-9-18(12-26)19-8-4-6-16(20(19)24-13)10-15-5-3-7-17(11-15)22(28)25-14(2)21(23)27/h3-9,11,14,26H,10,12H2,1-2H3,(H2,23,27)(H,25,28)/t14-/m0/s1. The zero-order valence-corrected chi connectivity index (χ0v) is 15.9. The summed E-state index contributed by atoms with van der Waals surface area (Å²) in [6.07, 6.45) is 0.588. The normalized spacial score (nSPS) is 12.0. The second kappa shape index (κ2) is 8.19. The lowest BCUT2D eigenvalue weighted by Gasteiger charge is -2.12. The van der Waals surface area contributed by atoms with Gasteiger partial charge in [0.2, 0.25) is 5.91 Å². The van der Waals surface area contributed by atoms with Gasteiger partial charge in [0.15, 0.2) is 0 Å². The Balaban J connectivity index is 1.92. The molecule has 2 aromatic carbocycles. The Morgan fingerprint density at radius 2 is 1.89 bits per heavy atom. The number of carbonyl (C=O) groups is 2. The van der Waals surface area contributed by atoms with Gasteiger partial charge in [0.25, 0.3) is 5.91 Å². The second-order valence-electron chi connectivity index (χ2n) is 6.87. The zero-order valence-electron chi connectivity index (χ0n) is 15.9. The van der Waals surface area contributed by atoms with Gasteiger partial charge in [-0.2, -0.15) is 0 Å². The first-order valence-corrected chi connectivity index (χ1v) is 9.07. The molecular formula is C22H23N3O3. The number of nitrogens with zero attached hydrogens (tertiary/aromatic N) is 1. The molecule has 4 N–H and O–H groups in total. The summed E-state index contributed by atoms with van der Waals surface area (Å²) in [5.41, 5.74) is 10.2. The van der Waals surface area contributed by atoms with Crippen LogP contribution in [0.4, 0.5) is 0 Å². The van der Waals surface area contributed by atoms with Crippen molar-refractivity contribution in [2.75, 3.05) is 0 Å². The molecule has 6 heteroatoms. The number of aliphatic hydroxyl groups excluding tert-OH is 1. The number of benzene rings is 2. The number of hydrogen-bond acceptors (Lipinski definition) is 4. The van der Waals surface area contributed by atoms with Crippen molar-refractivity contribution in [1.82, 2.24) is 10.3 Å². The molecule has 1 atom stereocenters. The van der Waals surface area contributed by atoms with Crippen molar-refractivity contribution in [3.8, 4) is 0 Å². The molecule has 0 saturated heterocycles. The van der Waals surface area contributed by atoms with Crippen molar-refractivity contribution in [1.29, 1.82) is 0 Å². The van der Waals surface area contributed by atoms with Crippen LogP contribution >= 0.6 is 0 Å². The minimum Gasteiger partial charge on any atom is -0.392 e. The maximum Gasteiger partial charge on any atom is 0.251 e. The number of fused-ring (bicyclic) bond motifs is 1. The molecule has 0 aliphatic rings. The van der Waals surface area contributed by atoms with Crippen molar-refractivity contribution in [2.45, 2.75) is 32.9 Å². The van der Waals surface area contributed by atoms with E-state index in [2.05, 4.69) is 10.3 Å². The monoisotopic (exact) mass is 377 g/mol. The first-order chi connectivity index (χ1) is 13.4. The van der Waals surface area contributed by atoms with Gasteiger partial charge in [-0.3, -0.25) is 14.6 Å². The predicted octanol–water partition coefficient (Wildman–Crippen LogP) is 2.23. The summed E-state index contributed by atoms with van der Waals surface area (Å²) in [5.74, 6) is -0.927. The van der Waals surface area contributed by atoms with Crippen LogP contribution in [0, 0.1) is 6.92 Å². The van der Waals surface area contributed by atoms with E-state index in [-0.39, 0.29) is 12.5 Å². The first kappa shape index (κ1) is 19.5. The van der Waals surface area contributed by atoms with E-state index in [1.54, 1.807) is 19.1 Å². The lowest BCUT2D eigenvalue weighted by atomic mass is 9.98. The number of aromatic nitrogens is 1. The van der Waals surface area contributed by atoms with E-state index in [0.29, 0.717) is 12.0 Å². The Hall–Kier alpha value is -3.25. The number of primary amides is 1. The molecule has 144 valence electrons. The van der Waals surface area contributed by atoms with Crippen LogP contribution in [0.3, 0.4) is 0 Å². The van der Waals surface area contributed by atoms with E-state index in [0.717, 1.165) is 33.3 Å². The van der Waals surface area contributed by atoms with Crippen molar-refractivity contribution < 1.29 is 14.7 Å². The Kier molecular flexibility index (Phi) is 5.70. The Labute approximate surface area is 163 Å². The van der Waals surface area contributed by atoms with E-state index in [1.807, 2.05) is 43.3 Å². The van der Waals surface area contributed by atoms with Gasteiger partial charge in [0.1, 0.15) is 6.04 Å². The molecule has 1 heterocycles. The molecule has 0 radical (unpaired) electrons. The van der Waals surface area contributed by atoms with E-state index in [1.165, 1.54) is 0 Å². The van der Waals surface area contributed by atoms with Crippen molar-refractivity contribution >= 4 is 22.7 Å². The SMILES string of the molecule is Cc1cc(CO)c2cccc(Cc3cccc(C(=O)N[C@@H](C)C(N)=O)c3)c2n1. The largest absolute Gasteiger partial charge is 0.392 e. The smallest absolute Gasteiger partial charge is 0.251 e. The average molecular weight is 377 g/mol. The summed E-state index contributed by atoms with van der Waals surface area (Å²) in [7, 11) is 0. The maximum absolute atomic E-state index is 12.3. The molecule has 0 spiro atoms. The summed E-state index contributed by atoms with van der Waals surface area (Å²) in [4.78, 5) is 28.2. The zero-order chi connectivity index (χ0) is 20.3. The molecule has 0 bridgehead atoms. The summed E-state index contributed by atoms with van der Waals surface area (Å²) in [5, 5.41) is 13.2. The predicted molar refractivity (Wildman–Crippen MR) is 108 cm³/mol. The number of carbonyl (C=O) groups excluding carboxylic acids is 2. The fraction of sp³-hybridized carbons (Fsp3) is 0.227. The van der Waals surface area contributed by atoms with Crippen LogP contribution in [0.2, 0.25) is 0 Å². The molecular weight excluding hydrogens is 354 g/mol. The van der Waals surface area contributed by atoms with Crippen molar-refractivity contribution in [3.63, 3.8) is 0 Å². The van der Waals surface area contributed by atoms with E-state index in [9.17, 15) is 14.7 Å². The van der Waals surface area contributed by atoms with Gasteiger partial charge in [0.05, 0.1) is 12.1 Å². The van der Waals surface area contributed by atoms with Crippen molar-refractivity contribution in [3.05, 3.63) is 76.5 Å². The Bertz CT molecular complexity index is 1050. The molecule has 1 aromatic heterocycles. The minimum atomic E-state index is -0.738. The van der Waals surface area contributed by atoms with E-state index in [4.69, 9.17) is 5.73 Å². The molecule has 3 rings (SSSR count). The quantitative estimate of drug-likeness (QED) is 0.612. The van der Waals surface area contributed by atoms with Gasteiger partial charge >= 0.3 is 0 Å². The number of aryl methyl sites for hydroxylation is 1. The molecule has 0 unspecified atom stereocenters. The van der Waals surface area contributed by atoms with Gasteiger partial charge in [-0.25, -0.2) is 0 Å². The Morgan fingerprint density at radius 3 is 2.61 bits per heavy atom. The molecule has 0 saturated carbocycles. The number of nitrogens with two attached hydrogens (primary N) is 1. The highest BCUT2D eigenvalue weighted by molar-refractivity contribution is 5.97. The number of para-hydroxylation sites is 1. The van der Waals surface area contributed by atoms with Crippen LogP contribution in [-0.4, -0.2) is 27.9 Å². The van der Waals surface area contributed by atoms with Crippen LogP contribution in [0.5, 0.6) is 0 Å². The fourth-order valence-corrected chi connectivity index (χ4v) is 3.19. The summed E-state index contributed by atoms with van der Waals surface area (Å²) >= 11 is 0. The van der Waals surface area contributed by atoms with Crippen LogP contribution in [0.25, 0.3) is 10.9 Å². The summed E-state index contributed by atoms with van der Waals surface area (Å²) in [6, 6.07) is 14.3. The second-order valence-corrected chi connectivity index (χ2v) is 6.87. The number of nitrogens with one attached hydrogen (secondary N) is 1. The lowest BCUT2D eigenvalue weighted by Crippen LogP contribution is -2.42. The van der Waals surface area contributed by atoms with Crippen molar-refractivity contribution in [2.24, 2.45) is 5.73 Å². The van der Waals surface area contributed by atoms with Gasteiger partial charge in [-0.05, 0) is 55.2 Å². The molecule has 0 aliphatic carbocycles. The molecule has 28 heavy (non-hydrogen) atoms. The minimum absolute atomic E-state index is 0.0446. The van der Waals surface area contributed by atoms with Gasteiger partial charge in [0, 0.05) is 16.6 Å². The summed E-state index contributed by atoms with van der Waals surface area (Å²) < 4.78 is 0. The van der Waals surface area contributed by atoms with E-state index >= 15 is 0 Å². The third kappa shape index (κ3) is 4.18. The highest BCUT2D eigenvalue weighted by Crippen LogP contribution is 2.24. The Morgan fingerprint density at radius 1 is 1.14 bits per heavy atom. The molecule has 6 nitrogen and oxygen atoms in total. The number of rotatable bonds is 6. The topological polar surface area (TPSA) is 105 Å². The molecule has 3 aromatic rings. The molecule has 0 aliphatic heterocycles. The number of pyridine rings is 1. The van der Waals surface area contributed by atoms with Crippen LogP contribution in [0.15, 0.2) is 48.5 Å². The number of hydrogen-bond donors (Lipinski definition) is 3. The number of aliphatic hydroxyl groups is 1. The van der Waals surface area contributed by atoms with E-state index < -0.39 is 11.9 Å². The maximum atomic E-state index is 12.3. The average Bonchev–Trinajstić information content (AvgIpc) is 2.68. The number of amides is 2. The van der Waals surface area contributed by atoms with Gasteiger partial charge < -0.3 is 16.2 Å². The van der Waals surface area contributed by atoms with Crippen LogP contribution in [0.1, 0.15) is 39.7 Å². The van der Waals surface area contributed by atoms with Crippen LogP contribution in [-0.2, 0) is 17.8 Å². The third-order valence-corrected chi connectivity index (χ3v) is 4.67. The molecule has 0 fully saturated rings. The summed E-state index contributed by atoms with van der Waals surface area (Å²) in [6.45, 7) is 3.41. The highest BCUT2D eigenvalue weighted by atomic mass is 16.3. The fourth-order valence-electron chi connectivity index (χ4n) is 3.19.